The van der Waals surface area contributed by atoms with Crippen LogP contribution >= 0.6 is 0 Å². The number of amides is 1. The second-order valence-corrected chi connectivity index (χ2v) is 4.19. The van der Waals surface area contributed by atoms with Gasteiger partial charge in [-0.2, -0.15) is 0 Å². The quantitative estimate of drug-likeness (QED) is 0.784. The summed E-state index contributed by atoms with van der Waals surface area (Å²) in [5.74, 6) is 0.430. The first-order valence-electron chi connectivity index (χ1n) is 5.72. The molecule has 80 valence electrons. The maximum absolute atomic E-state index is 11.9. The normalized spacial score (nSPS) is 17.3. The van der Waals surface area contributed by atoms with Crippen molar-refractivity contribution in [2.75, 3.05) is 5.32 Å². The summed E-state index contributed by atoms with van der Waals surface area (Å²) in [7, 11) is 0. The Bertz CT molecular complexity index is 315. The van der Waals surface area contributed by atoms with Crippen LogP contribution < -0.4 is 5.32 Å². The second-order valence-electron chi connectivity index (χ2n) is 4.19. The zero-order chi connectivity index (χ0) is 10.5. The van der Waals surface area contributed by atoms with Crippen molar-refractivity contribution in [1.82, 2.24) is 0 Å². The smallest absolute Gasteiger partial charge is 0.227 e. The molecule has 0 heterocycles. The molecule has 2 heteroatoms. The molecule has 0 atom stereocenters. The highest BCUT2D eigenvalue weighted by Crippen LogP contribution is 2.24. The number of anilines is 1. The Balaban J connectivity index is 1.91. The molecule has 1 amide bonds. The summed E-state index contributed by atoms with van der Waals surface area (Å²) in [6, 6.07) is 9.70. The number of rotatable bonds is 2. The predicted octanol–water partition coefficient (Wildman–Crippen LogP) is 3.21. The minimum atomic E-state index is 0.195. The predicted molar refractivity (Wildman–Crippen MR) is 61.6 cm³/mol. The molecule has 0 aliphatic heterocycles. The monoisotopic (exact) mass is 202 g/mol. The van der Waals surface area contributed by atoms with E-state index >= 15 is 0 Å². The van der Waals surface area contributed by atoms with E-state index in [0.717, 1.165) is 18.5 Å². The van der Waals surface area contributed by atoms with Gasteiger partial charge in [0.1, 0.15) is 0 Å². The summed E-state index contributed by atoms with van der Waals surface area (Å²) in [6.07, 6.45) is 5.80. The summed E-state index contributed by atoms with van der Waals surface area (Å²) >= 11 is 0. The lowest BCUT2D eigenvalue weighted by Crippen LogP contribution is -2.24. The van der Waals surface area contributed by atoms with Gasteiger partial charge in [-0.15, -0.1) is 0 Å². The van der Waals surface area contributed by atoms with Gasteiger partial charge in [0, 0.05) is 11.6 Å². The number of carbonyl (C=O) groups excluding carboxylic acids is 1. The van der Waals surface area contributed by atoms with Crippen molar-refractivity contribution in [2.24, 2.45) is 5.92 Å². The minimum absolute atomic E-state index is 0.195. The maximum atomic E-state index is 11.9. The zero-order valence-electron chi connectivity index (χ0n) is 8.91. The van der Waals surface area contributed by atoms with Crippen molar-refractivity contribution < 1.29 is 4.79 Å². The summed E-state index contributed by atoms with van der Waals surface area (Å²) < 4.78 is 0. The number of nitrogens with one attached hydrogen (secondary N) is 1. The third-order valence-corrected chi connectivity index (χ3v) is 3.02. The van der Waals surface area contributed by atoms with E-state index in [1.165, 1.54) is 19.3 Å². The Morgan fingerprint density at radius 1 is 1.07 bits per heavy atom. The van der Waals surface area contributed by atoms with Gasteiger partial charge in [-0.3, -0.25) is 4.79 Å². The van der Waals surface area contributed by atoms with Gasteiger partial charge in [-0.1, -0.05) is 37.5 Å². The van der Waals surface area contributed by atoms with Crippen molar-refractivity contribution in [3.8, 4) is 0 Å². The average molecular weight is 202 g/mol. The topological polar surface area (TPSA) is 29.1 Å². The highest BCUT2D eigenvalue weighted by Gasteiger charge is 2.20. The molecular formula is C13H17NO. The van der Waals surface area contributed by atoms with E-state index in [9.17, 15) is 4.79 Å². The highest BCUT2D eigenvalue weighted by atomic mass is 16.1. The van der Waals surface area contributed by atoms with Crippen LogP contribution in [0.1, 0.15) is 32.1 Å². The van der Waals surface area contributed by atoms with Gasteiger partial charge >= 0.3 is 0 Å². The number of benzene rings is 1. The molecule has 1 aliphatic carbocycles. The molecule has 0 unspecified atom stereocenters. The fraction of sp³-hybridized carbons (Fsp3) is 0.462. The Morgan fingerprint density at radius 2 is 1.73 bits per heavy atom. The van der Waals surface area contributed by atoms with Gasteiger partial charge in [0.25, 0.3) is 0 Å². The molecule has 15 heavy (non-hydrogen) atoms. The van der Waals surface area contributed by atoms with E-state index in [2.05, 4.69) is 5.32 Å². The van der Waals surface area contributed by atoms with Crippen LogP contribution in [-0.2, 0) is 4.79 Å². The molecule has 2 nitrogen and oxygen atoms in total. The molecule has 1 N–H and O–H groups in total. The molecule has 1 aliphatic rings. The second kappa shape index (κ2) is 4.96. The van der Waals surface area contributed by atoms with E-state index in [1.54, 1.807) is 0 Å². The van der Waals surface area contributed by atoms with E-state index in [4.69, 9.17) is 0 Å². The van der Waals surface area contributed by atoms with Crippen LogP contribution in [0.15, 0.2) is 30.3 Å². The molecule has 1 saturated carbocycles. The van der Waals surface area contributed by atoms with Crippen molar-refractivity contribution in [3.63, 3.8) is 0 Å². The Hall–Kier alpha value is -1.31. The first-order valence-corrected chi connectivity index (χ1v) is 5.72. The molecule has 0 bridgehead atoms. The number of hydrogen-bond acceptors (Lipinski definition) is 1. The van der Waals surface area contributed by atoms with Crippen LogP contribution in [0, 0.1) is 5.92 Å². The van der Waals surface area contributed by atoms with Crippen molar-refractivity contribution in [2.45, 2.75) is 32.1 Å². The first-order chi connectivity index (χ1) is 7.36. The van der Waals surface area contributed by atoms with E-state index in [-0.39, 0.29) is 11.8 Å². The van der Waals surface area contributed by atoms with Crippen LogP contribution in [0.25, 0.3) is 0 Å². The van der Waals surface area contributed by atoms with Gasteiger partial charge < -0.3 is 5.32 Å². The van der Waals surface area contributed by atoms with Gasteiger partial charge in [0.05, 0.1) is 0 Å². The number of carbonyl (C=O) groups is 1. The molecule has 1 aromatic carbocycles. The summed E-state index contributed by atoms with van der Waals surface area (Å²) in [6.45, 7) is 0. The van der Waals surface area contributed by atoms with Crippen LogP contribution in [-0.4, -0.2) is 5.91 Å². The molecule has 0 aromatic heterocycles. The Labute approximate surface area is 90.7 Å². The molecule has 0 saturated heterocycles. The fourth-order valence-corrected chi connectivity index (χ4v) is 2.13. The third kappa shape index (κ3) is 2.82. The maximum Gasteiger partial charge on any atom is 0.227 e. The molecule has 0 spiro atoms. The molecule has 2 rings (SSSR count). The van der Waals surface area contributed by atoms with E-state index in [1.807, 2.05) is 30.3 Å². The molecule has 1 fully saturated rings. The van der Waals surface area contributed by atoms with Gasteiger partial charge in [-0.25, -0.2) is 0 Å². The van der Waals surface area contributed by atoms with Gasteiger partial charge in [-0.05, 0) is 25.0 Å². The fourth-order valence-electron chi connectivity index (χ4n) is 2.13. The van der Waals surface area contributed by atoms with Crippen molar-refractivity contribution >= 4 is 11.6 Å². The molecule has 1 aromatic rings. The van der Waals surface area contributed by atoms with Crippen LogP contribution in [0.5, 0.6) is 0 Å². The minimum Gasteiger partial charge on any atom is -0.326 e. The lowest BCUT2D eigenvalue weighted by Gasteiger charge is -2.20. The zero-order valence-corrected chi connectivity index (χ0v) is 8.91. The highest BCUT2D eigenvalue weighted by molar-refractivity contribution is 5.92. The SMILES string of the molecule is O=[11C](Nc1ccccc1)C1CCCCC1. The Kier molecular flexibility index (Phi) is 3.38. The number of para-hydroxylation sites is 1. The van der Waals surface area contributed by atoms with Crippen LogP contribution in [0.2, 0.25) is 0 Å². The summed E-state index contributed by atoms with van der Waals surface area (Å²) in [5, 5.41) is 2.97. The molecule has 0 radical (unpaired) electrons. The van der Waals surface area contributed by atoms with E-state index < -0.39 is 0 Å². The van der Waals surface area contributed by atoms with Crippen LogP contribution in [0.4, 0.5) is 5.69 Å². The first kappa shape index (κ1) is 10.2. The Morgan fingerprint density at radius 3 is 2.40 bits per heavy atom. The van der Waals surface area contributed by atoms with Crippen LogP contribution in [0.3, 0.4) is 0 Å². The lowest BCUT2D eigenvalue weighted by atomic mass is 9.71. The lowest BCUT2D eigenvalue weighted by molar-refractivity contribution is -0.120. The summed E-state index contributed by atoms with van der Waals surface area (Å²) in [5.41, 5.74) is 0.910. The standard InChI is InChI=1S/C13H17NO/c15-13(11-7-3-1-4-8-11)14-12-9-5-2-6-10-12/h2,5-6,9-11H,1,3-4,7-8H2,(H,14,15)/i13-1. The van der Waals surface area contributed by atoms with Gasteiger partial charge in [0.15, 0.2) is 0 Å². The van der Waals surface area contributed by atoms with Crippen molar-refractivity contribution in [3.05, 3.63) is 30.3 Å². The van der Waals surface area contributed by atoms with Crippen molar-refractivity contribution in [1.29, 1.82) is 0 Å². The van der Waals surface area contributed by atoms with E-state index in [0.29, 0.717) is 0 Å². The summed E-state index contributed by atoms with van der Waals surface area (Å²) in [4.78, 5) is 11.9. The largest absolute Gasteiger partial charge is 0.326 e. The van der Waals surface area contributed by atoms with Gasteiger partial charge in [0.2, 0.25) is 5.91 Å². The number of hydrogen-bond donors (Lipinski definition) is 1. The molecular weight excluding hydrogens is 185 g/mol. The average Bonchev–Trinajstić information content (AvgIpc) is 2.31. The third-order valence-electron chi connectivity index (χ3n) is 3.02.